The van der Waals surface area contributed by atoms with Gasteiger partial charge in [0.05, 0.1) is 0 Å². The first-order valence-corrected chi connectivity index (χ1v) is 19.0. The second-order valence-corrected chi connectivity index (χ2v) is 15.6. The standard InChI is InChI=1S/C41H72O5/c1-8-9-10-11-12-13-14-15-16-17-18-19-20-21-25-28-37(42)45-30-31-46-38(43)29-26-23-22-24-27-34-32-35(40(2,3)4)39(44)36(33-34)41(5,6)7/h32-33,44H,8-31H2,1-7H3. The van der Waals surface area contributed by atoms with Crippen LogP contribution in [0.15, 0.2) is 12.1 Å². The Morgan fingerprint density at radius 3 is 1.22 bits per heavy atom. The van der Waals surface area contributed by atoms with Crippen molar-refractivity contribution in [3.63, 3.8) is 0 Å². The zero-order chi connectivity index (χ0) is 34.3. The number of phenolic OH excluding ortho intramolecular Hbond substituents is 1. The van der Waals surface area contributed by atoms with Crippen LogP contribution < -0.4 is 0 Å². The largest absolute Gasteiger partial charge is 0.507 e. The van der Waals surface area contributed by atoms with Gasteiger partial charge in [-0.3, -0.25) is 9.59 Å². The molecule has 0 amide bonds. The van der Waals surface area contributed by atoms with E-state index in [0.717, 1.165) is 56.1 Å². The van der Waals surface area contributed by atoms with Crippen LogP contribution in [0.5, 0.6) is 5.75 Å². The number of carbonyl (C=O) groups is 2. The quantitative estimate of drug-likeness (QED) is 0.0802. The first-order valence-electron chi connectivity index (χ1n) is 19.0. The molecule has 0 heterocycles. The molecule has 5 heteroatoms. The fourth-order valence-electron chi connectivity index (χ4n) is 6.03. The van der Waals surface area contributed by atoms with Crippen LogP contribution in [0.25, 0.3) is 0 Å². The van der Waals surface area contributed by atoms with E-state index in [1.807, 2.05) is 0 Å². The van der Waals surface area contributed by atoms with Crippen molar-refractivity contribution < 1.29 is 24.2 Å². The molecule has 46 heavy (non-hydrogen) atoms. The first kappa shape index (κ1) is 42.0. The lowest BCUT2D eigenvalue weighted by molar-refractivity contribution is -0.152. The molecule has 0 aromatic heterocycles. The van der Waals surface area contributed by atoms with Crippen molar-refractivity contribution >= 4 is 11.9 Å². The summed E-state index contributed by atoms with van der Waals surface area (Å²) in [7, 11) is 0. The number of benzene rings is 1. The van der Waals surface area contributed by atoms with Crippen LogP contribution >= 0.6 is 0 Å². The van der Waals surface area contributed by atoms with Crippen molar-refractivity contribution in [1.82, 2.24) is 0 Å². The lowest BCUT2D eigenvalue weighted by Crippen LogP contribution is -2.18. The highest BCUT2D eigenvalue weighted by molar-refractivity contribution is 5.70. The molecular formula is C41H72O5. The maximum atomic E-state index is 12.1. The lowest BCUT2D eigenvalue weighted by Gasteiger charge is -2.28. The molecule has 266 valence electrons. The van der Waals surface area contributed by atoms with Crippen LogP contribution in [0.1, 0.15) is 200 Å². The molecule has 0 fully saturated rings. The minimum atomic E-state index is -0.221. The molecule has 1 N–H and O–H groups in total. The Morgan fingerprint density at radius 2 is 0.870 bits per heavy atom. The number of aryl methyl sites for hydroxylation is 1. The summed E-state index contributed by atoms with van der Waals surface area (Å²) in [5, 5.41) is 10.9. The van der Waals surface area contributed by atoms with Gasteiger partial charge in [0.25, 0.3) is 0 Å². The first-order chi connectivity index (χ1) is 21.9. The van der Waals surface area contributed by atoms with E-state index >= 15 is 0 Å². The Hall–Kier alpha value is -2.04. The highest BCUT2D eigenvalue weighted by Crippen LogP contribution is 2.40. The third kappa shape index (κ3) is 20.3. The maximum Gasteiger partial charge on any atom is 0.305 e. The second-order valence-electron chi connectivity index (χ2n) is 15.6. The molecule has 0 aliphatic heterocycles. The Bertz CT molecular complexity index is 918. The number of unbranched alkanes of at least 4 members (excludes halogenated alkanes) is 17. The molecule has 0 unspecified atom stereocenters. The topological polar surface area (TPSA) is 72.8 Å². The minimum absolute atomic E-state index is 0.121. The Kier molecular flexibility index (Phi) is 22.0. The second kappa shape index (κ2) is 24.2. The fourth-order valence-corrected chi connectivity index (χ4v) is 6.03. The molecule has 0 saturated carbocycles. The lowest BCUT2D eigenvalue weighted by atomic mass is 9.78. The summed E-state index contributed by atoms with van der Waals surface area (Å²) in [5.41, 5.74) is 3.04. The number of hydrogen-bond donors (Lipinski definition) is 1. The zero-order valence-electron chi connectivity index (χ0n) is 31.2. The third-order valence-electron chi connectivity index (χ3n) is 8.98. The van der Waals surface area contributed by atoms with Gasteiger partial charge in [-0.1, -0.05) is 163 Å². The van der Waals surface area contributed by atoms with Gasteiger partial charge in [0.2, 0.25) is 0 Å². The van der Waals surface area contributed by atoms with Gasteiger partial charge in [0.15, 0.2) is 0 Å². The van der Waals surface area contributed by atoms with Gasteiger partial charge in [0, 0.05) is 12.8 Å². The summed E-state index contributed by atoms with van der Waals surface area (Å²) in [5.74, 6) is 0.0162. The Labute approximate surface area is 284 Å². The van der Waals surface area contributed by atoms with Crippen molar-refractivity contribution in [2.24, 2.45) is 0 Å². The van der Waals surface area contributed by atoms with Crippen LogP contribution in [0, 0.1) is 0 Å². The van der Waals surface area contributed by atoms with E-state index in [-0.39, 0.29) is 36.0 Å². The molecule has 0 aliphatic rings. The minimum Gasteiger partial charge on any atom is -0.507 e. The summed E-state index contributed by atoms with van der Waals surface area (Å²) in [6.45, 7) is 15.4. The van der Waals surface area contributed by atoms with Crippen molar-refractivity contribution in [3.05, 3.63) is 28.8 Å². The van der Waals surface area contributed by atoms with Crippen LogP contribution in [0.3, 0.4) is 0 Å². The maximum absolute atomic E-state index is 12.1. The van der Waals surface area contributed by atoms with Gasteiger partial charge in [-0.25, -0.2) is 0 Å². The number of carbonyl (C=O) groups excluding carboxylic acids is 2. The van der Waals surface area contributed by atoms with Crippen LogP contribution in [-0.4, -0.2) is 30.3 Å². The normalized spacial score (nSPS) is 12.0. The van der Waals surface area contributed by atoms with Gasteiger partial charge in [-0.15, -0.1) is 0 Å². The molecule has 0 spiro atoms. The van der Waals surface area contributed by atoms with E-state index in [9.17, 15) is 14.7 Å². The summed E-state index contributed by atoms with van der Waals surface area (Å²) in [6, 6.07) is 4.32. The van der Waals surface area contributed by atoms with Crippen LogP contribution in [0.4, 0.5) is 0 Å². The monoisotopic (exact) mass is 645 g/mol. The van der Waals surface area contributed by atoms with E-state index in [1.54, 1.807) is 0 Å². The van der Waals surface area contributed by atoms with Gasteiger partial charge in [-0.2, -0.15) is 0 Å². The van der Waals surface area contributed by atoms with Gasteiger partial charge in [-0.05, 0) is 53.2 Å². The summed E-state index contributed by atoms with van der Waals surface area (Å²) >= 11 is 0. The molecular weight excluding hydrogens is 572 g/mol. The molecule has 0 atom stereocenters. The predicted molar refractivity (Wildman–Crippen MR) is 194 cm³/mol. The van der Waals surface area contributed by atoms with E-state index in [2.05, 4.69) is 60.6 Å². The van der Waals surface area contributed by atoms with Gasteiger partial charge in [0.1, 0.15) is 19.0 Å². The van der Waals surface area contributed by atoms with E-state index in [4.69, 9.17) is 9.47 Å². The average molecular weight is 645 g/mol. The number of aromatic hydroxyl groups is 1. The number of hydrogen-bond acceptors (Lipinski definition) is 5. The van der Waals surface area contributed by atoms with Crippen molar-refractivity contribution in [1.29, 1.82) is 0 Å². The Balaban J connectivity index is 2.02. The average Bonchev–Trinajstić information content (AvgIpc) is 2.98. The fraction of sp³-hybridized carbons (Fsp3) is 0.805. The predicted octanol–water partition coefficient (Wildman–Crippen LogP) is 11.8. The summed E-state index contributed by atoms with van der Waals surface area (Å²) in [4.78, 5) is 24.1. The molecule has 5 nitrogen and oxygen atoms in total. The highest BCUT2D eigenvalue weighted by Gasteiger charge is 2.26. The molecule has 0 radical (unpaired) electrons. The van der Waals surface area contributed by atoms with Crippen molar-refractivity contribution in [3.8, 4) is 5.75 Å². The number of phenols is 1. The van der Waals surface area contributed by atoms with Gasteiger partial charge < -0.3 is 14.6 Å². The highest BCUT2D eigenvalue weighted by atomic mass is 16.6. The number of rotatable bonds is 26. The van der Waals surface area contributed by atoms with Crippen molar-refractivity contribution in [2.45, 2.75) is 201 Å². The van der Waals surface area contributed by atoms with E-state index in [1.165, 1.54) is 89.0 Å². The number of ether oxygens (including phenoxy) is 2. The molecule has 0 bridgehead atoms. The van der Waals surface area contributed by atoms with Gasteiger partial charge >= 0.3 is 11.9 Å². The molecule has 1 aromatic carbocycles. The van der Waals surface area contributed by atoms with E-state index < -0.39 is 0 Å². The molecule has 1 aromatic rings. The summed E-state index contributed by atoms with van der Waals surface area (Å²) < 4.78 is 10.5. The van der Waals surface area contributed by atoms with Crippen LogP contribution in [0.2, 0.25) is 0 Å². The Morgan fingerprint density at radius 1 is 0.543 bits per heavy atom. The SMILES string of the molecule is CCCCCCCCCCCCCCCCCC(=O)OCCOC(=O)CCCCCCc1cc(C(C)(C)C)c(O)c(C(C)(C)C)c1. The third-order valence-corrected chi connectivity index (χ3v) is 8.98. The summed E-state index contributed by atoms with van der Waals surface area (Å²) in [6.07, 6.45) is 25.2. The smallest absolute Gasteiger partial charge is 0.305 e. The molecule has 1 rings (SSSR count). The molecule has 0 aliphatic carbocycles. The molecule has 0 saturated heterocycles. The van der Waals surface area contributed by atoms with Crippen LogP contribution in [-0.2, 0) is 36.3 Å². The number of esters is 2. The van der Waals surface area contributed by atoms with E-state index in [0.29, 0.717) is 18.6 Å². The van der Waals surface area contributed by atoms with Crippen molar-refractivity contribution in [2.75, 3.05) is 13.2 Å². The zero-order valence-corrected chi connectivity index (χ0v) is 31.2.